The molecule has 4 heteroatoms. The minimum Gasteiger partial charge on any atom is -0.394 e. The number of rotatable bonds is 30. The van der Waals surface area contributed by atoms with Crippen LogP contribution >= 0.6 is 0 Å². The van der Waals surface area contributed by atoms with E-state index in [2.05, 4.69) is 43.5 Å². The van der Waals surface area contributed by atoms with Crippen LogP contribution in [0.25, 0.3) is 0 Å². The summed E-state index contributed by atoms with van der Waals surface area (Å²) >= 11 is 0. The van der Waals surface area contributed by atoms with Gasteiger partial charge in [0.2, 0.25) is 5.91 Å². The van der Waals surface area contributed by atoms with Crippen molar-refractivity contribution in [1.29, 1.82) is 0 Å². The van der Waals surface area contributed by atoms with E-state index in [0.717, 1.165) is 32.1 Å². The Hall–Kier alpha value is -1.13. The fraction of sp³-hybridized carbons (Fsp3) is 0.857. The summed E-state index contributed by atoms with van der Waals surface area (Å²) in [4.78, 5) is 12.3. The van der Waals surface area contributed by atoms with E-state index in [9.17, 15) is 15.0 Å². The molecule has 0 rings (SSSR count). The minimum atomic E-state index is -0.678. The Morgan fingerprint density at radius 2 is 0.974 bits per heavy atom. The highest BCUT2D eigenvalue weighted by molar-refractivity contribution is 5.76. The quantitative estimate of drug-likeness (QED) is 0.0617. The number of amides is 1. The number of aliphatic hydroxyl groups is 2. The van der Waals surface area contributed by atoms with Gasteiger partial charge in [-0.25, -0.2) is 0 Å². The maximum atomic E-state index is 12.3. The van der Waals surface area contributed by atoms with Crippen molar-refractivity contribution in [2.45, 2.75) is 187 Å². The molecule has 0 spiro atoms. The molecule has 0 radical (unpaired) electrons. The Labute approximate surface area is 243 Å². The molecule has 0 aromatic rings. The van der Waals surface area contributed by atoms with Crippen molar-refractivity contribution in [3.05, 3.63) is 24.3 Å². The van der Waals surface area contributed by atoms with Crippen LogP contribution in [0.5, 0.6) is 0 Å². The van der Waals surface area contributed by atoms with Crippen LogP contribution in [0.4, 0.5) is 0 Å². The Morgan fingerprint density at radius 1 is 0.590 bits per heavy atom. The van der Waals surface area contributed by atoms with E-state index in [-0.39, 0.29) is 12.5 Å². The van der Waals surface area contributed by atoms with Crippen LogP contribution in [0.15, 0.2) is 24.3 Å². The third-order valence-electron chi connectivity index (χ3n) is 7.68. The highest BCUT2D eigenvalue weighted by Gasteiger charge is 2.19. The molecule has 39 heavy (non-hydrogen) atoms. The van der Waals surface area contributed by atoms with Crippen molar-refractivity contribution in [2.75, 3.05) is 6.61 Å². The SMILES string of the molecule is CCCCCC/C=C/CCCC[C@@H](O)[C@H](CO)NC(=O)CCCCCCCCC/C=C/CCCCCCCC. The molecule has 0 aromatic heterocycles. The number of carbonyl (C=O) groups excluding carboxylic acids is 1. The highest BCUT2D eigenvalue weighted by atomic mass is 16.3. The Bertz CT molecular complexity index is 560. The summed E-state index contributed by atoms with van der Waals surface area (Å²) in [5.41, 5.74) is 0. The first-order valence-corrected chi connectivity index (χ1v) is 17.0. The Kier molecular flexibility index (Phi) is 30.5. The van der Waals surface area contributed by atoms with Crippen LogP contribution < -0.4 is 5.32 Å². The summed E-state index contributed by atoms with van der Waals surface area (Å²) in [6.07, 6.45) is 38.0. The molecule has 1 amide bonds. The summed E-state index contributed by atoms with van der Waals surface area (Å²) in [5.74, 6) is -0.0492. The van der Waals surface area contributed by atoms with Gasteiger partial charge in [-0.3, -0.25) is 4.79 Å². The number of aliphatic hydroxyl groups excluding tert-OH is 2. The standard InChI is InChI=1S/C35H67NO3/c1-3-5-7-9-11-13-15-16-17-18-19-20-21-23-25-27-29-31-35(39)36-33(32-37)34(38)30-28-26-24-22-14-12-10-8-6-4-2/h14,16-17,22,33-34,37-38H,3-13,15,18-21,23-32H2,1-2H3,(H,36,39)/b17-16+,22-14+/t33-,34+/m0/s1. The van der Waals surface area contributed by atoms with Gasteiger partial charge in [0.05, 0.1) is 18.8 Å². The molecule has 0 aliphatic heterocycles. The predicted molar refractivity (Wildman–Crippen MR) is 170 cm³/mol. The Morgan fingerprint density at radius 3 is 1.44 bits per heavy atom. The number of hydrogen-bond acceptors (Lipinski definition) is 3. The van der Waals surface area contributed by atoms with Crippen LogP contribution in [0.1, 0.15) is 174 Å². The maximum Gasteiger partial charge on any atom is 0.220 e. The van der Waals surface area contributed by atoms with Gasteiger partial charge in [-0.1, -0.05) is 128 Å². The molecular formula is C35H67NO3. The van der Waals surface area contributed by atoms with E-state index in [1.807, 2.05) is 0 Å². The third-order valence-corrected chi connectivity index (χ3v) is 7.68. The molecule has 0 saturated carbocycles. The predicted octanol–water partition coefficient (Wildman–Crippen LogP) is 9.73. The lowest BCUT2D eigenvalue weighted by Crippen LogP contribution is -2.45. The summed E-state index contributed by atoms with van der Waals surface area (Å²) < 4.78 is 0. The monoisotopic (exact) mass is 550 g/mol. The van der Waals surface area contributed by atoms with Crippen LogP contribution in [0.3, 0.4) is 0 Å². The number of nitrogens with one attached hydrogen (secondary N) is 1. The van der Waals surface area contributed by atoms with Crippen molar-refractivity contribution >= 4 is 5.91 Å². The van der Waals surface area contributed by atoms with Gasteiger partial charge in [0.1, 0.15) is 0 Å². The van der Waals surface area contributed by atoms with E-state index in [4.69, 9.17) is 0 Å². The summed E-state index contributed by atoms with van der Waals surface area (Å²) in [6, 6.07) is -0.550. The second-order valence-electron chi connectivity index (χ2n) is 11.6. The van der Waals surface area contributed by atoms with Crippen molar-refractivity contribution < 1.29 is 15.0 Å². The summed E-state index contributed by atoms with van der Waals surface area (Å²) in [7, 11) is 0. The average Bonchev–Trinajstić information content (AvgIpc) is 2.94. The third kappa shape index (κ3) is 28.2. The lowest BCUT2D eigenvalue weighted by atomic mass is 10.0. The van der Waals surface area contributed by atoms with Crippen LogP contribution in [0, 0.1) is 0 Å². The molecule has 0 bridgehead atoms. The largest absolute Gasteiger partial charge is 0.394 e. The molecule has 4 nitrogen and oxygen atoms in total. The van der Waals surface area contributed by atoms with Gasteiger partial charge in [-0.05, 0) is 64.2 Å². The van der Waals surface area contributed by atoms with Gasteiger partial charge in [-0.2, -0.15) is 0 Å². The van der Waals surface area contributed by atoms with E-state index in [0.29, 0.717) is 12.8 Å². The molecule has 0 aromatic carbocycles. The van der Waals surface area contributed by atoms with E-state index < -0.39 is 12.1 Å². The zero-order valence-electron chi connectivity index (χ0n) is 26.2. The van der Waals surface area contributed by atoms with Gasteiger partial charge in [-0.15, -0.1) is 0 Å². The molecule has 230 valence electrons. The maximum absolute atomic E-state index is 12.3. The van der Waals surface area contributed by atoms with Crippen LogP contribution in [-0.4, -0.2) is 34.9 Å². The smallest absolute Gasteiger partial charge is 0.220 e. The van der Waals surface area contributed by atoms with Crippen LogP contribution in [-0.2, 0) is 4.79 Å². The first-order valence-electron chi connectivity index (χ1n) is 17.0. The van der Waals surface area contributed by atoms with E-state index in [1.165, 1.54) is 116 Å². The highest BCUT2D eigenvalue weighted by Crippen LogP contribution is 2.12. The van der Waals surface area contributed by atoms with E-state index in [1.54, 1.807) is 0 Å². The molecule has 3 N–H and O–H groups in total. The lowest BCUT2D eigenvalue weighted by molar-refractivity contribution is -0.123. The molecule has 0 heterocycles. The zero-order valence-corrected chi connectivity index (χ0v) is 26.2. The van der Waals surface area contributed by atoms with Gasteiger partial charge in [0.25, 0.3) is 0 Å². The zero-order chi connectivity index (χ0) is 28.7. The fourth-order valence-corrected chi connectivity index (χ4v) is 4.99. The van der Waals surface area contributed by atoms with Gasteiger partial charge in [0, 0.05) is 6.42 Å². The second-order valence-corrected chi connectivity index (χ2v) is 11.6. The van der Waals surface area contributed by atoms with Gasteiger partial charge < -0.3 is 15.5 Å². The molecule has 0 unspecified atom stereocenters. The summed E-state index contributed by atoms with van der Waals surface area (Å²) in [5, 5.41) is 22.9. The van der Waals surface area contributed by atoms with E-state index >= 15 is 0 Å². The molecule has 0 aliphatic carbocycles. The number of hydrogen-bond donors (Lipinski definition) is 3. The van der Waals surface area contributed by atoms with Crippen LogP contribution in [0.2, 0.25) is 0 Å². The van der Waals surface area contributed by atoms with Crippen molar-refractivity contribution in [3.63, 3.8) is 0 Å². The number of carbonyl (C=O) groups is 1. The minimum absolute atomic E-state index is 0.0492. The average molecular weight is 550 g/mol. The van der Waals surface area contributed by atoms with Gasteiger partial charge >= 0.3 is 0 Å². The topological polar surface area (TPSA) is 69.6 Å². The summed E-state index contributed by atoms with van der Waals surface area (Å²) in [6.45, 7) is 4.29. The first kappa shape index (κ1) is 37.9. The number of allylic oxidation sites excluding steroid dienone is 4. The second kappa shape index (κ2) is 31.4. The molecule has 0 saturated heterocycles. The Balaban J connectivity index is 3.60. The molecular weight excluding hydrogens is 482 g/mol. The molecule has 2 atom stereocenters. The fourth-order valence-electron chi connectivity index (χ4n) is 4.99. The van der Waals surface area contributed by atoms with Crippen molar-refractivity contribution in [1.82, 2.24) is 5.32 Å². The molecule has 0 aliphatic rings. The molecule has 0 fully saturated rings. The van der Waals surface area contributed by atoms with Crippen molar-refractivity contribution in [3.8, 4) is 0 Å². The lowest BCUT2D eigenvalue weighted by Gasteiger charge is -2.22. The normalized spacial score (nSPS) is 13.4. The van der Waals surface area contributed by atoms with Gasteiger partial charge in [0.15, 0.2) is 0 Å². The van der Waals surface area contributed by atoms with Crippen molar-refractivity contribution in [2.24, 2.45) is 0 Å². The number of unbranched alkanes of at least 4 members (excludes halogenated alkanes) is 19. The first-order chi connectivity index (χ1) is 19.2.